The van der Waals surface area contributed by atoms with Crippen molar-refractivity contribution in [3.8, 4) is 0 Å². The Balaban J connectivity index is 3.81. The van der Waals surface area contributed by atoms with Crippen LogP contribution in [0.15, 0.2) is 12.3 Å². The van der Waals surface area contributed by atoms with Gasteiger partial charge in [0, 0.05) is 13.2 Å². The van der Waals surface area contributed by atoms with Crippen LogP contribution in [0.1, 0.15) is 13.8 Å². The quantitative estimate of drug-likeness (QED) is 0.455. The maximum absolute atomic E-state index is 13.1. The van der Waals surface area contributed by atoms with Crippen molar-refractivity contribution in [3.63, 3.8) is 0 Å². The molecule has 0 N–H and O–H groups in total. The molecule has 0 aromatic rings. The molecule has 0 amide bonds. The van der Waals surface area contributed by atoms with Crippen molar-refractivity contribution in [1.82, 2.24) is 0 Å². The zero-order valence-electron chi connectivity index (χ0n) is 6.39. The van der Waals surface area contributed by atoms with Gasteiger partial charge in [0.05, 0.1) is 0 Å². The first-order chi connectivity index (χ1) is 4.68. The van der Waals surface area contributed by atoms with Crippen molar-refractivity contribution in [1.29, 1.82) is 0 Å². The minimum atomic E-state index is -3.46. The highest BCUT2D eigenvalue weighted by molar-refractivity contribution is 6.65. The summed E-state index contributed by atoms with van der Waals surface area (Å²) in [6.07, 6.45) is 0. The zero-order chi connectivity index (χ0) is 8.04. The summed E-state index contributed by atoms with van der Waals surface area (Å²) < 4.78 is 22.6. The van der Waals surface area contributed by atoms with Gasteiger partial charge in [0.1, 0.15) is 0 Å². The highest BCUT2D eigenvalue weighted by atomic mass is 28.4. The Morgan fingerprint density at radius 3 is 2.00 bits per heavy atom. The molecule has 0 bridgehead atoms. The summed E-state index contributed by atoms with van der Waals surface area (Å²) in [5, 5.41) is 0. The lowest BCUT2D eigenvalue weighted by atomic mass is 10.9. The molecule has 60 valence electrons. The second-order valence-electron chi connectivity index (χ2n) is 1.65. The minimum Gasteiger partial charge on any atom is -0.368 e. The predicted octanol–water partition coefficient (Wildman–Crippen LogP) is 1.69. The van der Waals surface area contributed by atoms with Crippen molar-refractivity contribution in [2.45, 2.75) is 13.8 Å². The maximum Gasteiger partial charge on any atom is 0.567 e. The third-order valence-corrected chi connectivity index (χ3v) is 2.78. The Hall–Kier alpha value is -0.193. The molecule has 0 radical (unpaired) electrons. The van der Waals surface area contributed by atoms with Crippen molar-refractivity contribution >= 4 is 8.89 Å². The lowest BCUT2D eigenvalue weighted by Gasteiger charge is -2.15. The molecule has 0 aliphatic carbocycles. The number of hydrogen-bond donors (Lipinski definition) is 0. The van der Waals surface area contributed by atoms with E-state index >= 15 is 0 Å². The Morgan fingerprint density at radius 2 is 1.80 bits per heavy atom. The Kier molecular flexibility index (Phi) is 4.51. The van der Waals surface area contributed by atoms with Gasteiger partial charge in [-0.3, -0.25) is 0 Å². The van der Waals surface area contributed by atoms with Gasteiger partial charge in [0.25, 0.3) is 0 Å². The molecule has 0 unspecified atom stereocenters. The van der Waals surface area contributed by atoms with Crippen molar-refractivity contribution in [3.05, 3.63) is 12.3 Å². The zero-order valence-corrected chi connectivity index (χ0v) is 7.39. The van der Waals surface area contributed by atoms with E-state index in [-0.39, 0.29) is 0 Å². The van der Waals surface area contributed by atoms with Crippen LogP contribution in [0.3, 0.4) is 0 Å². The molecule has 0 aliphatic heterocycles. The fraction of sp³-hybridized carbons (Fsp3) is 0.667. The lowest BCUT2D eigenvalue weighted by molar-refractivity contribution is 0.155. The molecule has 2 nitrogen and oxygen atoms in total. The first kappa shape index (κ1) is 9.81. The first-order valence-electron chi connectivity index (χ1n) is 3.29. The molecule has 0 rings (SSSR count). The molecule has 0 aliphatic rings. The molecule has 0 saturated heterocycles. The van der Waals surface area contributed by atoms with Gasteiger partial charge in [-0.15, -0.1) is 0 Å². The van der Waals surface area contributed by atoms with Crippen LogP contribution in [-0.2, 0) is 8.85 Å². The van der Waals surface area contributed by atoms with Crippen molar-refractivity contribution < 1.29 is 13.0 Å². The van der Waals surface area contributed by atoms with E-state index in [1.807, 2.05) is 0 Å². The standard InChI is InChI=1S/C6H13FO2Si/c1-4-8-10(7,6-3)9-5-2/h6H,3-5H2,1-2H3. The predicted molar refractivity (Wildman–Crippen MR) is 40.3 cm³/mol. The van der Waals surface area contributed by atoms with Crippen LogP contribution < -0.4 is 0 Å². The highest BCUT2D eigenvalue weighted by Gasteiger charge is 2.34. The molecule has 0 spiro atoms. The molecule has 0 heterocycles. The molecule has 4 heteroatoms. The van der Waals surface area contributed by atoms with E-state index in [2.05, 4.69) is 6.58 Å². The molecule has 0 atom stereocenters. The van der Waals surface area contributed by atoms with Gasteiger partial charge in [0.2, 0.25) is 0 Å². The second kappa shape index (κ2) is 4.60. The van der Waals surface area contributed by atoms with E-state index in [1.165, 1.54) is 0 Å². The van der Waals surface area contributed by atoms with E-state index in [0.29, 0.717) is 13.2 Å². The van der Waals surface area contributed by atoms with E-state index in [0.717, 1.165) is 5.70 Å². The summed E-state index contributed by atoms with van der Waals surface area (Å²) >= 11 is 0. The smallest absolute Gasteiger partial charge is 0.368 e. The van der Waals surface area contributed by atoms with E-state index in [1.54, 1.807) is 13.8 Å². The number of rotatable bonds is 5. The normalized spacial score (nSPS) is 11.5. The first-order valence-corrected chi connectivity index (χ1v) is 5.06. The number of halogens is 1. The molecular weight excluding hydrogens is 151 g/mol. The molecule has 0 aromatic heterocycles. The summed E-state index contributed by atoms with van der Waals surface area (Å²) in [7, 11) is -3.46. The SMILES string of the molecule is C=C[Si](F)(OCC)OCC. The van der Waals surface area contributed by atoms with Gasteiger partial charge in [-0.05, 0) is 19.5 Å². The fourth-order valence-corrected chi connectivity index (χ4v) is 1.66. The molecule has 0 fully saturated rings. The third kappa shape index (κ3) is 3.10. The largest absolute Gasteiger partial charge is 0.567 e. The Bertz CT molecular complexity index is 102. The van der Waals surface area contributed by atoms with Gasteiger partial charge in [-0.25, -0.2) is 4.11 Å². The van der Waals surface area contributed by atoms with Gasteiger partial charge in [0.15, 0.2) is 0 Å². The van der Waals surface area contributed by atoms with Gasteiger partial charge in [-0.1, -0.05) is 6.58 Å². The van der Waals surface area contributed by atoms with Gasteiger partial charge in [-0.2, -0.15) is 0 Å². The van der Waals surface area contributed by atoms with Gasteiger partial charge >= 0.3 is 8.89 Å². The fourth-order valence-electron chi connectivity index (χ4n) is 0.553. The topological polar surface area (TPSA) is 18.5 Å². The summed E-state index contributed by atoms with van der Waals surface area (Å²) in [6, 6.07) is 0. The van der Waals surface area contributed by atoms with E-state index < -0.39 is 8.89 Å². The minimum absolute atomic E-state index is 0.328. The van der Waals surface area contributed by atoms with Crippen molar-refractivity contribution in [2.75, 3.05) is 13.2 Å². The summed E-state index contributed by atoms with van der Waals surface area (Å²) in [5.74, 6) is 0. The summed E-state index contributed by atoms with van der Waals surface area (Å²) in [4.78, 5) is 0. The monoisotopic (exact) mass is 164 g/mol. The maximum atomic E-state index is 13.1. The summed E-state index contributed by atoms with van der Waals surface area (Å²) in [6.45, 7) is 7.42. The van der Waals surface area contributed by atoms with Crippen LogP contribution in [0.2, 0.25) is 0 Å². The van der Waals surface area contributed by atoms with Crippen LogP contribution in [0.4, 0.5) is 4.11 Å². The van der Waals surface area contributed by atoms with Crippen LogP contribution in [0.25, 0.3) is 0 Å². The molecule has 0 aromatic carbocycles. The Morgan fingerprint density at radius 1 is 1.40 bits per heavy atom. The van der Waals surface area contributed by atoms with E-state index in [4.69, 9.17) is 8.85 Å². The number of hydrogen-bond acceptors (Lipinski definition) is 2. The summed E-state index contributed by atoms with van der Waals surface area (Å²) in [5.41, 5.74) is 1.14. The van der Waals surface area contributed by atoms with Crippen LogP contribution >= 0.6 is 0 Å². The lowest BCUT2D eigenvalue weighted by Crippen LogP contribution is -2.35. The Labute approximate surface area is 62.1 Å². The molecule has 0 saturated carbocycles. The average Bonchev–Trinajstić information content (AvgIpc) is 1.89. The second-order valence-corrected chi connectivity index (χ2v) is 3.80. The molecule has 10 heavy (non-hydrogen) atoms. The van der Waals surface area contributed by atoms with Crippen LogP contribution in [0, 0.1) is 0 Å². The van der Waals surface area contributed by atoms with Crippen molar-refractivity contribution in [2.24, 2.45) is 0 Å². The van der Waals surface area contributed by atoms with Gasteiger partial charge < -0.3 is 8.85 Å². The van der Waals surface area contributed by atoms with E-state index in [9.17, 15) is 4.11 Å². The average molecular weight is 164 g/mol. The highest BCUT2D eigenvalue weighted by Crippen LogP contribution is 2.09. The van der Waals surface area contributed by atoms with Crippen LogP contribution in [-0.4, -0.2) is 22.1 Å². The molecular formula is C6H13FO2Si. The van der Waals surface area contributed by atoms with Crippen LogP contribution in [0.5, 0.6) is 0 Å². The third-order valence-electron chi connectivity index (χ3n) is 0.926.